The van der Waals surface area contributed by atoms with Crippen LogP contribution in [0.2, 0.25) is 0 Å². The first kappa shape index (κ1) is 17.1. The van der Waals surface area contributed by atoms with E-state index in [0.29, 0.717) is 18.3 Å². The molecule has 0 aliphatic rings. The number of rotatable bonds is 10. The molecule has 0 aliphatic carbocycles. The molecule has 116 valence electrons. The molecule has 1 aromatic rings. The Bertz CT molecular complexity index is 375. The number of hydrogen-bond acceptors (Lipinski definition) is 5. The van der Waals surface area contributed by atoms with E-state index < -0.39 is 5.54 Å². The van der Waals surface area contributed by atoms with Crippen LogP contribution in [0.5, 0.6) is 0 Å². The predicted octanol–water partition coefficient (Wildman–Crippen LogP) is 3.18. The fourth-order valence-corrected chi connectivity index (χ4v) is 1.87. The first-order valence-electron chi connectivity index (χ1n) is 7.69. The van der Waals surface area contributed by atoms with Gasteiger partial charge in [-0.05, 0) is 27.2 Å². The number of nitrogens with two attached hydrogens (primary N) is 1. The molecule has 0 saturated heterocycles. The molecule has 5 heteroatoms. The maximum Gasteiger partial charge on any atom is 0.226 e. The van der Waals surface area contributed by atoms with E-state index in [0.717, 1.165) is 12.8 Å². The maximum atomic E-state index is 6.18. The smallest absolute Gasteiger partial charge is 0.226 e. The van der Waals surface area contributed by atoms with Crippen molar-refractivity contribution in [3.63, 3.8) is 0 Å². The second-order valence-corrected chi connectivity index (χ2v) is 5.95. The number of nitrogens with zero attached hydrogens (tertiary/aromatic N) is 2. The molecule has 1 atom stereocenters. The number of aromatic nitrogens is 2. The Labute approximate surface area is 122 Å². The molecular formula is C15H29N3O2. The highest BCUT2D eigenvalue weighted by Crippen LogP contribution is 2.16. The van der Waals surface area contributed by atoms with Gasteiger partial charge in [0.25, 0.3) is 0 Å². The van der Waals surface area contributed by atoms with E-state index in [1.165, 1.54) is 25.7 Å². The highest BCUT2D eigenvalue weighted by molar-refractivity contribution is 5.01. The Morgan fingerprint density at radius 1 is 1.25 bits per heavy atom. The van der Waals surface area contributed by atoms with Gasteiger partial charge in [0.2, 0.25) is 5.89 Å². The second-order valence-electron chi connectivity index (χ2n) is 5.95. The van der Waals surface area contributed by atoms with Crippen molar-refractivity contribution in [3.8, 4) is 0 Å². The largest absolute Gasteiger partial charge is 0.376 e. The summed E-state index contributed by atoms with van der Waals surface area (Å²) in [5, 5.41) is 3.99. The van der Waals surface area contributed by atoms with Crippen LogP contribution in [-0.4, -0.2) is 22.9 Å². The van der Waals surface area contributed by atoms with E-state index in [4.69, 9.17) is 15.0 Å². The van der Waals surface area contributed by atoms with E-state index in [-0.39, 0.29) is 6.10 Å². The highest BCUT2D eigenvalue weighted by atomic mass is 16.5. The zero-order valence-electron chi connectivity index (χ0n) is 13.3. The van der Waals surface area contributed by atoms with Crippen molar-refractivity contribution in [2.24, 2.45) is 5.73 Å². The lowest BCUT2D eigenvalue weighted by atomic mass is 10.1. The summed E-state index contributed by atoms with van der Waals surface area (Å²) in [5.41, 5.74) is 5.48. The van der Waals surface area contributed by atoms with E-state index in [2.05, 4.69) is 17.1 Å². The third-order valence-corrected chi connectivity index (χ3v) is 3.19. The van der Waals surface area contributed by atoms with Gasteiger partial charge in [0.1, 0.15) is 5.54 Å². The van der Waals surface area contributed by atoms with Crippen molar-refractivity contribution in [1.29, 1.82) is 0 Å². The van der Waals surface area contributed by atoms with E-state index >= 15 is 0 Å². The lowest BCUT2D eigenvalue weighted by Gasteiger charge is -2.21. The Morgan fingerprint density at radius 3 is 2.60 bits per heavy atom. The molecule has 0 spiro atoms. The van der Waals surface area contributed by atoms with Gasteiger partial charge in [0.05, 0.1) is 12.7 Å². The minimum atomic E-state index is -0.700. The predicted molar refractivity (Wildman–Crippen MR) is 79.4 cm³/mol. The number of unbranched alkanes of at least 4 members (excludes halogenated alkanes) is 4. The summed E-state index contributed by atoms with van der Waals surface area (Å²) in [4.78, 5) is 4.39. The minimum absolute atomic E-state index is 0.141. The van der Waals surface area contributed by atoms with E-state index in [1.807, 2.05) is 20.8 Å². The summed E-state index contributed by atoms with van der Waals surface area (Å²) in [6.45, 7) is 8.43. The average Bonchev–Trinajstić information content (AvgIpc) is 2.86. The number of aryl methyl sites for hydroxylation is 1. The molecule has 0 aromatic carbocycles. The Hall–Kier alpha value is -0.940. The van der Waals surface area contributed by atoms with Crippen molar-refractivity contribution < 1.29 is 9.26 Å². The molecule has 0 radical (unpaired) electrons. The fourth-order valence-electron chi connectivity index (χ4n) is 1.87. The Balaban J connectivity index is 2.41. The molecule has 5 nitrogen and oxygen atoms in total. The fraction of sp³-hybridized carbons (Fsp3) is 0.867. The maximum absolute atomic E-state index is 6.18. The van der Waals surface area contributed by atoms with Crippen molar-refractivity contribution in [2.75, 3.05) is 6.61 Å². The molecule has 1 unspecified atom stereocenters. The molecule has 20 heavy (non-hydrogen) atoms. The van der Waals surface area contributed by atoms with E-state index in [9.17, 15) is 0 Å². The van der Waals surface area contributed by atoms with Crippen molar-refractivity contribution in [2.45, 2.75) is 77.9 Å². The Morgan fingerprint density at radius 2 is 1.95 bits per heavy atom. The quantitative estimate of drug-likeness (QED) is 0.667. The molecule has 1 heterocycles. The third-order valence-electron chi connectivity index (χ3n) is 3.19. The van der Waals surface area contributed by atoms with Crippen LogP contribution in [0.4, 0.5) is 0 Å². The van der Waals surface area contributed by atoms with Crippen LogP contribution in [0.25, 0.3) is 0 Å². The first-order chi connectivity index (χ1) is 9.45. The van der Waals surface area contributed by atoms with Crippen molar-refractivity contribution in [3.05, 3.63) is 11.7 Å². The third kappa shape index (κ3) is 6.01. The van der Waals surface area contributed by atoms with Gasteiger partial charge in [-0.25, -0.2) is 0 Å². The minimum Gasteiger partial charge on any atom is -0.376 e. The summed E-state index contributed by atoms with van der Waals surface area (Å²) in [5.74, 6) is 1.21. The topological polar surface area (TPSA) is 74.2 Å². The van der Waals surface area contributed by atoms with Crippen LogP contribution < -0.4 is 5.73 Å². The van der Waals surface area contributed by atoms with E-state index in [1.54, 1.807) is 0 Å². The van der Waals surface area contributed by atoms with Crippen LogP contribution in [0.3, 0.4) is 0 Å². The van der Waals surface area contributed by atoms with Crippen molar-refractivity contribution >= 4 is 0 Å². The SMILES string of the molecule is CCCCCCCc1nc(C(C)(N)COC(C)C)no1. The van der Waals surface area contributed by atoms with Crippen molar-refractivity contribution in [1.82, 2.24) is 10.1 Å². The molecule has 1 aromatic heterocycles. The standard InChI is InChI=1S/C15H29N3O2/c1-5-6-7-8-9-10-13-17-14(18-20-13)15(4,16)11-19-12(2)3/h12H,5-11,16H2,1-4H3. The lowest BCUT2D eigenvalue weighted by Crippen LogP contribution is -2.40. The van der Waals surface area contributed by atoms with Gasteiger partial charge in [-0.15, -0.1) is 0 Å². The van der Waals surface area contributed by atoms with Crippen LogP contribution in [-0.2, 0) is 16.7 Å². The second kappa shape index (κ2) is 8.37. The molecular weight excluding hydrogens is 254 g/mol. The van der Waals surface area contributed by atoms with Gasteiger partial charge in [-0.1, -0.05) is 37.8 Å². The number of hydrogen-bond donors (Lipinski definition) is 1. The lowest BCUT2D eigenvalue weighted by molar-refractivity contribution is 0.0410. The summed E-state index contributed by atoms with van der Waals surface area (Å²) < 4.78 is 10.8. The van der Waals surface area contributed by atoms with Gasteiger partial charge in [0, 0.05) is 6.42 Å². The molecule has 1 rings (SSSR count). The summed E-state index contributed by atoms with van der Waals surface area (Å²) in [7, 11) is 0. The highest BCUT2D eigenvalue weighted by Gasteiger charge is 2.28. The molecule has 2 N–H and O–H groups in total. The van der Waals surface area contributed by atoms with Gasteiger partial charge >= 0.3 is 0 Å². The number of ether oxygens (including phenoxy) is 1. The molecule has 0 amide bonds. The Kier molecular flexibility index (Phi) is 7.16. The summed E-state index contributed by atoms with van der Waals surface area (Å²) in [6.07, 6.45) is 7.09. The molecule has 0 bridgehead atoms. The summed E-state index contributed by atoms with van der Waals surface area (Å²) >= 11 is 0. The normalized spacial score (nSPS) is 14.7. The monoisotopic (exact) mass is 283 g/mol. The van der Waals surface area contributed by atoms with Crippen LogP contribution >= 0.6 is 0 Å². The molecule has 0 saturated carbocycles. The van der Waals surface area contributed by atoms with Gasteiger partial charge in [0.15, 0.2) is 5.82 Å². The molecule has 0 fully saturated rings. The van der Waals surface area contributed by atoms with Gasteiger partial charge in [-0.3, -0.25) is 0 Å². The van der Waals surface area contributed by atoms with Gasteiger partial charge < -0.3 is 15.0 Å². The summed E-state index contributed by atoms with van der Waals surface area (Å²) in [6, 6.07) is 0. The zero-order chi connectivity index (χ0) is 15.0. The average molecular weight is 283 g/mol. The van der Waals surface area contributed by atoms with Gasteiger partial charge in [-0.2, -0.15) is 4.98 Å². The van der Waals surface area contributed by atoms with Crippen LogP contribution in [0, 0.1) is 0 Å². The zero-order valence-corrected chi connectivity index (χ0v) is 13.3. The van der Waals surface area contributed by atoms with Crippen LogP contribution in [0.15, 0.2) is 4.52 Å². The first-order valence-corrected chi connectivity index (χ1v) is 7.69. The van der Waals surface area contributed by atoms with Crippen LogP contribution in [0.1, 0.15) is 71.5 Å². The molecule has 0 aliphatic heterocycles.